The second-order valence-corrected chi connectivity index (χ2v) is 6.01. The minimum atomic E-state index is -1.13. The molecule has 1 amide bonds. The van der Waals surface area contributed by atoms with Gasteiger partial charge in [0.2, 0.25) is 0 Å². The summed E-state index contributed by atoms with van der Waals surface area (Å²) in [5, 5.41) is 11.1. The summed E-state index contributed by atoms with van der Waals surface area (Å²) >= 11 is 0. The van der Waals surface area contributed by atoms with Gasteiger partial charge in [-0.05, 0) is 43.4 Å². The molecule has 0 saturated heterocycles. The van der Waals surface area contributed by atoms with Crippen LogP contribution in [0, 0.1) is 0 Å². The van der Waals surface area contributed by atoms with Crippen molar-refractivity contribution < 1.29 is 14.6 Å². The van der Waals surface area contributed by atoms with Gasteiger partial charge in [-0.1, -0.05) is 13.8 Å². The molecule has 3 rings (SSSR count). The van der Waals surface area contributed by atoms with E-state index in [-0.39, 0.29) is 0 Å². The summed E-state index contributed by atoms with van der Waals surface area (Å²) in [7, 11) is 0. The Bertz CT molecular complexity index is 903. The van der Waals surface area contributed by atoms with Crippen molar-refractivity contribution >= 4 is 22.9 Å². The van der Waals surface area contributed by atoms with Crippen LogP contribution < -0.4 is 10.1 Å². The second kappa shape index (κ2) is 8.50. The van der Waals surface area contributed by atoms with Crippen molar-refractivity contribution in [2.75, 3.05) is 31.6 Å². The van der Waals surface area contributed by atoms with Gasteiger partial charge in [0.1, 0.15) is 18.2 Å². The third-order valence-corrected chi connectivity index (χ3v) is 4.29. The fourth-order valence-electron chi connectivity index (χ4n) is 2.77. The van der Waals surface area contributed by atoms with Crippen molar-refractivity contribution in [1.29, 1.82) is 0 Å². The number of H-pyrrole nitrogens is 1. The number of ether oxygens (including phenoxy) is 1. The molecule has 0 fully saturated rings. The number of hydrogen-bond donors (Lipinski definition) is 3. The standard InChI is InChI=1S/C19H23N5O3/c1-3-24(4-2)9-10-27-15-7-5-13(6-8-15)17-22-16-11-14(21-19(25)26)12-20-18(16)23-17/h5-8,11-12,21H,3-4,9-10H2,1-2H3,(H,25,26)(H,20,22,23). The highest BCUT2D eigenvalue weighted by Gasteiger charge is 2.09. The van der Waals surface area contributed by atoms with Gasteiger partial charge in [0, 0.05) is 12.1 Å². The Kier molecular flexibility index (Phi) is 5.87. The molecule has 142 valence electrons. The molecule has 0 spiro atoms. The van der Waals surface area contributed by atoms with Gasteiger partial charge in [-0.3, -0.25) is 5.32 Å². The largest absolute Gasteiger partial charge is 0.492 e. The van der Waals surface area contributed by atoms with Crippen molar-refractivity contribution in [2.45, 2.75) is 13.8 Å². The van der Waals surface area contributed by atoms with Crippen molar-refractivity contribution in [3.05, 3.63) is 36.5 Å². The number of aromatic amines is 1. The highest BCUT2D eigenvalue weighted by Crippen LogP contribution is 2.23. The molecule has 0 aliphatic heterocycles. The summed E-state index contributed by atoms with van der Waals surface area (Å²) < 4.78 is 5.79. The Morgan fingerprint density at radius 1 is 1.26 bits per heavy atom. The molecular formula is C19H23N5O3. The zero-order valence-corrected chi connectivity index (χ0v) is 15.4. The van der Waals surface area contributed by atoms with E-state index in [0.29, 0.717) is 29.3 Å². The minimum absolute atomic E-state index is 0.391. The molecule has 27 heavy (non-hydrogen) atoms. The molecule has 0 radical (unpaired) electrons. The lowest BCUT2D eigenvalue weighted by atomic mass is 10.2. The Morgan fingerprint density at radius 3 is 2.67 bits per heavy atom. The van der Waals surface area contributed by atoms with Gasteiger partial charge in [0.05, 0.1) is 17.4 Å². The van der Waals surface area contributed by atoms with Crippen LogP contribution >= 0.6 is 0 Å². The molecular weight excluding hydrogens is 346 g/mol. The molecule has 0 aliphatic rings. The molecule has 8 heteroatoms. The zero-order chi connectivity index (χ0) is 19.2. The first kappa shape index (κ1) is 18.7. The summed E-state index contributed by atoms with van der Waals surface area (Å²) in [6.45, 7) is 7.86. The van der Waals surface area contributed by atoms with E-state index < -0.39 is 6.09 Å². The third-order valence-electron chi connectivity index (χ3n) is 4.29. The van der Waals surface area contributed by atoms with Crippen molar-refractivity contribution in [3.8, 4) is 17.1 Å². The van der Waals surface area contributed by atoms with Crippen LogP contribution in [0.5, 0.6) is 5.75 Å². The van der Waals surface area contributed by atoms with E-state index in [0.717, 1.165) is 30.9 Å². The van der Waals surface area contributed by atoms with Gasteiger partial charge >= 0.3 is 6.09 Å². The first-order valence-electron chi connectivity index (χ1n) is 8.90. The lowest BCUT2D eigenvalue weighted by Gasteiger charge is -2.18. The Balaban J connectivity index is 1.68. The number of rotatable bonds is 8. The second-order valence-electron chi connectivity index (χ2n) is 6.01. The van der Waals surface area contributed by atoms with Gasteiger partial charge in [-0.2, -0.15) is 0 Å². The molecule has 2 heterocycles. The molecule has 8 nitrogen and oxygen atoms in total. The highest BCUT2D eigenvalue weighted by molar-refractivity contribution is 5.86. The van der Waals surface area contributed by atoms with Crippen molar-refractivity contribution in [1.82, 2.24) is 19.9 Å². The topological polar surface area (TPSA) is 103 Å². The van der Waals surface area contributed by atoms with Crippen LogP contribution in [0.2, 0.25) is 0 Å². The SMILES string of the molecule is CCN(CC)CCOc1ccc(-c2nc3ncc(NC(=O)O)cc3[nH]2)cc1. The molecule has 0 bridgehead atoms. The van der Waals surface area contributed by atoms with Gasteiger partial charge < -0.3 is 19.7 Å². The number of imidazole rings is 1. The number of hydrogen-bond acceptors (Lipinski definition) is 5. The average molecular weight is 369 g/mol. The van der Waals surface area contributed by atoms with Gasteiger partial charge in [-0.25, -0.2) is 14.8 Å². The van der Waals surface area contributed by atoms with Crippen LogP contribution in [0.3, 0.4) is 0 Å². The summed E-state index contributed by atoms with van der Waals surface area (Å²) in [4.78, 5) is 24.8. The maximum Gasteiger partial charge on any atom is 0.409 e. The van der Waals surface area contributed by atoms with E-state index >= 15 is 0 Å². The van der Waals surface area contributed by atoms with E-state index in [2.05, 4.69) is 39.0 Å². The predicted molar refractivity (Wildman–Crippen MR) is 104 cm³/mol. The number of aromatic nitrogens is 3. The Morgan fingerprint density at radius 2 is 2.00 bits per heavy atom. The zero-order valence-electron chi connectivity index (χ0n) is 15.4. The van der Waals surface area contributed by atoms with Crippen molar-refractivity contribution in [2.24, 2.45) is 0 Å². The molecule has 3 aromatic rings. The number of nitrogens with zero attached hydrogens (tertiary/aromatic N) is 3. The Hall–Kier alpha value is -3.13. The monoisotopic (exact) mass is 369 g/mol. The first-order chi connectivity index (χ1) is 13.1. The van der Waals surface area contributed by atoms with Crippen LogP contribution in [0.25, 0.3) is 22.6 Å². The average Bonchev–Trinajstić information content (AvgIpc) is 3.08. The highest BCUT2D eigenvalue weighted by atomic mass is 16.5. The molecule has 0 saturated carbocycles. The van der Waals surface area contributed by atoms with E-state index in [1.165, 1.54) is 6.20 Å². The molecule has 0 unspecified atom stereocenters. The van der Waals surface area contributed by atoms with Gasteiger partial charge in [-0.15, -0.1) is 0 Å². The summed E-state index contributed by atoms with van der Waals surface area (Å²) in [5.74, 6) is 1.48. The lowest BCUT2D eigenvalue weighted by Crippen LogP contribution is -2.27. The summed E-state index contributed by atoms with van der Waals surface area (Å²) in [6, 6.07) is 9.35. The van der Waals surface area contributed by atoms with Crippen LogP contribution in [0.1, 0.15) is 13.8 Å². The number of likely N-dealkylation sites (N-methyl/N-ethyl adjacent to an activating group) is 1. The van der Waals surface area contributed by atoms with E-state index in [1.54, 1.807) is 6.07 Å². The molecule has 2 aromatic heterocycles. The molecule has 0 atom stereocenters. The number of nitrogens with one attached hydrogen (secondary N) is 2. The normalized spacial score (nSPS) is 11.1. The first-order valence-corrected chi connectivity index (χ1v) is 8.90. The number of anilines is 1. The molecule has 0 aliphatic carbocycles. The van der Waals surface area contributed by atoms with Crippen LogP contribution in [0.4, 0.5) is 10.5 Å². The predicted octanol–water partition coefficient (Wildman–Crippen LogP) is 3.44. The van der Waals surface area contributed by atoms with E-state index in [9.17, 15) is 4.79 Å². The Labute approximate surface area is 157 Å². The quantitative estimate of drug-likeness (QED) is 0.562. The number of benzene rings is 1. The molecule has 3 N–H and O–H groups in total. The number of carboxylic acid groups (broad SMARTS) is 1. The van der Waals surface area contributed by atoms with Gasteiger partial charge in [0.15, 0.2) is 5.65 Å². The number of fused-ring (bicyclic) bond motifs is 1. The maximum absolute atomic E-state index is 10.7. The fourth-order valence-corrected chi connectivity index (χ4v) is 2.77. The number of carbonyl (C=O) groups is 1. The minimum Gasteiger partial charge on any atom is -0.492 e. The summed E-state index contributed by atoms with van der Waals surface area (Å²) in [5.41, 5.74) is 2.48. The third kappa shape index (κ3) is 4.73. The number of amides is 1. The fraction of sp³-hybridized carbons (Fsp3) is 0.316. The summed E-state index contributed by atoms with van der Waals surface area (Å²) in [6.07, 6.45) is 0.306. The van der Waals surface area contributed by atoms with Crippen LogP contribution in [-0.2, 0) is 0 Å². The maximum atomic E-state index is 10.7. The molecule has 1 aromatic carbocycles. The van der Waals surface area contributed by atoms with E-state index in [4.69, 9.17) is 9.84 Å². The van der Waals surface area contributed by atoms with Gasteiger partial charge in [0.25, 0.3) is 0 Å². The number of pyridine rings is 1. The lowest BCUT2D eigenvalue weighted by molar-refractivity contribution is 0.209. The van der Waals surface area contributed by atoms with E-state index in [1.807, 2.05) is 24.3 Å². The smallest absolute Gasteiger partial charge is 0.409 e. The van der Waals surface area contributed by atoms with Crippen LogP contribution in [0.15, 0.2) is 36.5 Å². The van der Waals surface area contributed by atoms with Crippen molar-refractivity contribution in [3.63, 3.8) is 0 Å². The van der Waals surface area contributed by atoms with Crippen LogP contribution in [-0.4, -0.2) is 57.3 Å².